The Labute approximate surface area is 147 Å². The fourth-order valence-electron chi connectivity index (χ4n) is 2.83. The molecule has 0 amide bonds. The number of alkyl halides is 3. The summed E-state index contributed by atoms with van der Waals surface area (Å²) in [5.74, 6) is 0. The van der Waals surface area contributed by atoms with Crippen molar-refractivity contribution in [2.75, 3.05) is 18.1 Å². The van der Waals surface area contributed by atoms with Crippen molar-refractivity contribution in [2.45, 2.75) is 32.1 Å². The molecule has 0 bridgehead atoms. The van der Waals surface area contributed by atoms with Crippen molar-refractivity contribution in [3.05, 3.63) is 46.1 Å². The molecule has 1 fully saturated rings. The molecule has 3 rings (SSSR count). The first-order chi connectivity index (χ1) is 11.1. The highest BCUT2D eigenvalue weighted by Gasteiger charge is 2.39. The van der Waals surface area contributed by atoms with Crippen molar-refractivity contribution in [1.82, 2.24) is 9.88 Å². The first kappa shape index (κ1) is 17.5. The van der Waals surface area contributed by atoms with E-state index in [0.29, 0.717) is 29.9 Å². The quantitative estimate of drug-likeness (QED) is 0.713. The highest BCUT2D eigenvalue weighted by atomic mass is 35.5. The Hall–Kier alpha value is -1.31. The van der Waals surface area contributed by atoms with Gasteiger partial charge < -0.3 is 4.90 Å². The van der Waals surface area contributed by atoms with E-state index in [1.54, 1.807) is 6.20 Å². The smallest absolute Gasteiger partial charge is 0.349 e. The number of pyridine rings is 1. The molecule has 3 nitrogen and oxygen atoms in total. The predicted molar refractivity (Wildman–Crippen MR) is 90.4 cm³/mol. The lowest BCUT2D eigenvalue weighted by Gasteiger charge is -2.29. The van der Waals surface area contributed by atoms with Crippen molar-refractivity contribution in [2.24, 2.45) is 0 Å². The third-order valence-corrected chi connectivity index (χ3v) is 5.36. The van der Waals surface area contributed by atoms with E-state index in [4.69, 9.17) is 11.6 Å². The Morgan fingerprint density at radius 1 is 1.33 bits per heavy atom. The summed E-state index contributed by atoms with van der Waals surface area (Å²) in [6.45, 7) is 6.10. The van der Waals surface area contributed by atoms with Gasteiger partial charge in [-0.1, -0.05) is 11.6 Å². The van der Waals surface area contributed by atoms with E-state index in [0.717, 1.165) is 16.9 Å². The average molecular weight is 376 g/mol. The van der Waals surface area contributed by atoms with Gasteiger partial charge in [0.1, 0.15) is 5.15 Å². The molecule has 0 N–H and O–H groups in total. The molecule has 130 valence electrons. The summed E-state index contributed by atoms with van der Waals surface area (Å²) in [7, 11) is 0. The fourth-order valence-corrected chi connectivity index (χ4v) is 3.94. The molecule has 0 unspecified atom stereocenters. The molecule has 1 aliphatic rings. The van der Waals surface area contributed by atoms with Crippen LogP contribution in [0.25, 0.3) is 0 Å². The number of thiophene rings is 1. The summed E-state index contributed by atoms with van der Waals surface area (Å²) in [6, 6.07) is 4.94. The molecule has 0 aliphatic carbocycles. The van der Waals surface area contributed by atoms with E-state index in [1.165, 1.54) is 11.4 Å². The highest BCUT2D eigenvalue weighted by Crippen LogP contribution is 2.39. The van der Waals surface area contributed by atoms with Crippen LogP contribution in [0.1, 0.15) is 25.0 Å². The number of halogens is 4. The summed E-state index contributed by atoms with van der Waals surface area (Å²) >= 11 is 7.06. The van der Waals surface area contributed by atoms with E-state index < -0.39 is 11.7 Å². The first-order valence-corrected chi connectivity index (χ1v) is 8.67. The van der Waals surface area contributed by atoms with Gasteiger partial charge in [-0.15, -0.1) is 11.3 Å². The molecule has 0 atom stereocenters. The lowest BCUT2D eigenvalue weighted by atomic mass is 10.0. The first-order valence-electron chi connectivity index (χ1n) is 7.41. The number of aromatic nitrogens is 1. The van der Waals surface area contributed by atoms with Crippen LogP contribution in [0.3, 0.4) is 0 Å². The zero-order valence-corrected chi connectivity index (χ0v) is 14.8. The number of anilines is 1. The van der Waals surface area contributed by atoms with Crippen molar-refractivity contribution >= 4 is 27.9 Å². The normalized spacial score (nSPS) is 18.3. The second-order valence-electron chi connectivity index (χ2n) is 6.51. The molecule has 0 radical (unpaired) electrons. The molecule has 1 aliphatic heterocycles. The Morgan fingerprint density at radius 2 is 2.08 bits per heavy atom. The fraction of sp³-hybridized carbons (Fsp3) is 0.438. The summed E-state index contributed by atoms with van der Waals surface area (Å²) in [5.41, 5.74) is 0.296. The molecular formula is C16H17ClF3N3S. The number of nitrogens with zero attached hydrogens (tertiary/aromatic N) is 3. The van der Waals surface area contributed by atoms with Gasteiger partial charge in [0, 0.05) is 30.2 Å². The lowest BCUT2D eigenvalue weighted by Crippen LogP contribution is -2.39. The maximum absolute atomic E-state index is 12.8. The molecular weight excluding hydrogens is 359 g/mol. The number of hydrogen-bond donors (Lipinski definition) is 0. The van der Waals surface area contributed by atoms with Crippen LogP contribution in [-0.4, -0.2) is 28.6 Å². The molecule has 2 aromatic heterocycles. The number of hydrogen-bond acceptors (Lipinski definition) is 4. The molecule has 2 aromatic rings. The van der Waals surface area contributed by atoms with E-state index in [1.807, 2.05) is 17.0 Å². The molecule has 1 saturated heterocycles. The van der Waals surface area contributed by atoms with Crippen molar-refractivity contribution in [3.8, 4) is 0 Å². The van der Waals surface area contributed by atoms with Gasteiger partial charge in [-0.25, -0.2) is 4.98 Å². The second-order valence-corrected chi connectivity index (χ2v) is 7.78. The standard InChI is InChI=1S/C16H17ClF3N3S/c1-15(2)9-22(14-6-12(8-24-14)16(18,19)20)10-23(15)7-11-3-4-21-13(17)5-11/h3-6,8H,7,9-10H2,1-2H3. The van der Waals surface area contributed by atoms with Crippen molar-refractivity contribution in [1.29, 1.82) is 0 Å². The summed E-state index contributed by atoms with van der Waals surface area (Å²) in [5, 5.41) is 2.26. The van der Waals surface area contributed by atoms with Gasteiger partial charge in [-0.3, -0.25) is 4.90 Å². The zero-order chi connectivity index (χ0) is 17.5. The van der Waals surface area contributed by atoms with Crippen LogP contribution in [-0.2, 0) is 12.7 Å². The third kappa shape index (κ3) is 3.68. The van der Waals surface area contributed by atoms with Gasteiger partial charge in [0.05, 0.1) is 17.2 Å². The van der Waals surface area contributed by atoms with Gasteiger partial charge in [0.2, 0.25) is 0 Å². The minimum absolute atomic E-state index is 0.155. The summed E-state index contributed by atoms with van der Waals surface area (Å²) < 4.78 is 38.4. The second kappa shape index (κ2) is 6.20. The summed E-state index contributed by atoms with van der Waals surface area (Å²) in [6.07, 6.45) is -2.63. The van der Waals surface area contributed by atoms with Crippen molar-refractivity contribution < 1.29 is 13.2 Å². The van der Waals surface area contributed by atoms with Crippen LogP contribution in [0.15, 0.2) is 29.8 Å². The largest absolute Gasteiger partial charge is 0.417 e. The highest BCUT2D eigenvalue weighted by molar-refractivity contribution is 7.14. The van der Waals surface area contributed by atoms with Gasteiger partial charge in [0.15, 0.2) is 0 Å². The van der Waals surface area contributed by atoms with E-state index in [-0.39, 0.29) is 5.54 Å². The van der Waals surface area contributed by atoms with E-state index in [2.05, 4.69) is 23.7 Å². The van der Waals surface area contributed by atoms with E-state index >= 15 is 0 Å². The van der Waals surface area contributed by atoms with Gasteiger partial charge in [-0.2, -0.15) is 13.2 Å². The van der Waals surface area contributed by atoms with Crippen LogP contribution in [0.2, 0.25) is 5.15 Å². The maximum Gasteiger partial charge on any atom is 0.417 e. The monoisotopic (exact) mass is 375 g/mol. The Morgan fingerprint density at radius 3 is 2.71 bits per heavy atom. The summed E-state index contributed by atoms with van der Waals surface area (Å²) in [4.78, 5) is 8.19. The topological polar surface area (TPSA) is 19.4 Å². The molecule has 0 aromatic carbocycles. The zero-order valence-electron chi connectivity index (χ0n) is 13.3. The van der Waals surface area contributed by atoms with Gasteiger partial charge in [-0.05, 0) is 37.6 Å². The minimum atomic E-state index is -4.29. The van der Waals surface area contributed by atoms with Crippen LogP contribution < -0.4 is 4.90 Å². The average Bonchev–Trinajstić information content (AvgIpc) is 3.04. The van der Waals surface area contributed by atoms with Crippen LogP contribution in [0, 0.1) is 0 Å². The minimum Gasteiger partial charge on any atom is -0.349 e. The maximum atomic E-state index is 12.8. The van der Waals surface area contributed by atoms with Gasteiger partial charge >= 0.3 is 6.18 Å². The third-order valence-electron chi connectivity index (χ3n) is 4.16. The molecule has 0 spiro atoms. The Kier molecular flexibility index (Phi) is 4.53. The van der Waals surface area contributed by atoms with Crippen LogP contribution in [0.5, 0.6) is 0 Å². The molecule has 0 saturated carbocycles. The molecule has 3 heterocycles. The van der Waals surface area contributed by atoms with Crippen LogP contribution in [0.4, 0.5) is 18.2 Å². The Balaban J connectivity index is 1.76. The molecule has 24 heavy (non-hydrogen) atoms. The lowest BCUT2D eigenvalue weighted by molar-refractivity contribution is -0.137. The number of rotatable bonds is 3. The predicted octanol–water partition coefficient (Wildman–Crippen LogP) is 4.87. The Bertz CT molecular complexity index is 729. The van der Waals surface area contributed by atoms with Crippen molar-refractivity contribution in [3.63, 3.8) is 0 Å². The SMILES string of the molecule is CC1(C)CN(c2cc(C(F)(F)F)cs2)CN1Cc1ccnc(Cl)c1. The van der Waals surface area contributed by atoms with E-state index in [9.17, 15) is 13.2 Å². The molecule has 8 heteroatoms. The van der Waals surface area contributed by atoms with Gasteiger partial charge in [0.25, 0.3) is 0 Å². The van der Waals surface area contributed by atoms with Crippen LogP contribution >= 0.6 is 22.9 Å².